The topological polar surface area (TPSA) is 78.7 Å². The predicted octanol–water partition coefficient (Wildman–Crippen LogP) is 1.52. The highest BCUT2D eigenvalue weighted by Crippen LogP contribution is 2.11. The van der Waals surface area contributed by atoms with Crippen LogP contribution in [0, 0.1) is 11.3 Å². The lowest BCUT2D eigenvalue weighted by Gasteiger charge is -2.09. The second kappa shape index (κ2) is 6.18. The zero-order valence-electron chi connectivity index (χ0n) is 9.36. The molecule has 1 atom stereocenters. The molecule has 1 aromatic heterocycles. The van der Waals surface area contributed by atoms with Crippen molar-refractivity contribution in [2.45, 2.75) is 39.2 Å². The summed E-state index contributed by atoms with van der Waals surface area (Å²) in [7, 11) is 0. The molecule has 6 heteroatoms. The van der Waals surface area contributed by atoms with E-state index in [9.17, 15) is 4.79 Å². The summed E-state index contributed by atoms with van der Waals surface area (Å²) in [5, 5.41) is 15.4. The van der Waals surface area contributed by atoms with Gasteiger partial charge in [0.2, 0.25) is 0 Å². The van der Waals surface area contributed by atoms with Crippen LogP contribution in [0.15, 0.2) is 0 Å². The van der Waals surface area contributed by atoms with Crippen LogP contribution in [0.25, 0.3) is 0 Å². The van der Waals surface area contributed by atoms with Gasteiger partial charge in [0.15, 0.2) is 0 Å². The van der Waals surface area contributed by atoms with Gasteiger partial charge in [-0.2, -0.15) is 5.26 Å². The summed E-state index contributed by atoms with van der Waals surface area (Å²) in [6.45, 7) is 3.89. The number of carbonyl (C=O) groups excluding carboxylic acids is 1. The molecule has 0 radical (unpaired) electrons. The van der Waals surface area contributed by atoms with E-state index < -0.39 is 6.04 Å². The first kappa shape index (κ1) is 12.6. The first-order chi connectivity index (χ1) is 7.72. The van der Waals surface area contributed by atoms with Gasteiger partial charge in [0.1, 0.15) is 10.9 Å². The van der Waals surface area contributed by atoms with E-state index in [1.807, 2.05) is 13.8 Å². The zero-order chi connectivity index (χ0) is 12.0. The second-order valence-electron chi connectivity index (χ2n) is 3.35. The van der Waals surface area contributed by atoms with Crippen molar-refractivity contribution in [2.75, 3.05) is 0 Å². The minimum atomic E-state index is -0.427. The van der Waals surface area contributed by atoms with Crippen LogP contribution >= 0.6 is 11.5 Å². The molecular weight excluding hydrogens is 224 g/mol. The third kappa shape index (κ3) is 3.00. The molecule has 1 aromatic rings. The van der Waals surface area contributed by atoms with Gasteiger partial charge >= 0.3 is 0 Å². The lowest BCUT2D eigenvalue weighted by atomic mass is 10.2. The van der Waals surface area contributed by atoms with E-state index in [1.165, 1.54) is 0 Å². The van der Waals surface area contributed by atoms with E-state index in [-0.39, 0.29) is 5.91 Å². The molecule has 16 heavy (non-hydrogen) atoms. The Kier molecular flexibility index (Phi) is 4.86. The van der Waals surface area contributed by atoms with Gasteiger partial charge in [-0.3, -0.25) is 4.79 Å². The van der Waals surface area contributed by atoms with Gasteiger partial charge < -0.3 is 5.32 Å². The summed E-state index contributed by atoms with van der Waals surface area (Å²) in [6.07, 6.45) is 2.19. The van der Waals surface area contributed by atoms with Crippen LogP contribution < -0.4 is 5.32 Å². The second-order valence-corrected chi connectivity index (χ2v) is 4.10. The van der Waals surface area contributed by atoms with Crippen molar-refractivity contribution in [1.29, 1.82) is 5.26 Å². The third-order valence-electron chi connectivity index (χ3n) is 2.14. The summed E-state index contributed by atoms with van der Waals surface area (Å²) < 4.78 is 3.74. The van der Waals surface area contributed by atoms with E-state index in [2.05, 4.69) is 21.0 Å². The molecule has 86 valence electrons. The monoisotopic (exact) mass is 238 g/mol. The van der Waals surface area contributed by atoms with Crippen molar-refractivity contribution in [3.63, 3.8) is 0 Å². The molecule has 1 amide bonds. The fraction of sp³-hybridized carbons (Fsp3) is 0.600. The SMILES string of the molecule is CCCC(C#N)NC(=O)c1snnc1CC. The van der Waals surface area contributed by atoms with Crippen LogP contribution in [0.4, 0.5) is 0 Å². The Hall–Kier alpha value is -1.48. The van der Waals surface area contributed by atoms with Crippen LogP contribution in [-0.4, -0.2) is 21.5 Å². The van der Waals surface area contributed by atoms with Crippen molar-refractivity contribution >= 4 is 17.4 Å². The number of hydrogen-bond acceptors (Lipinski definition) is 5. The fourth-order valence-corrected chi connectivity index (χ4v) is 1.95. The number of amides is 1. The Morgan fingerprint density at radius 1 is 1.62 bits per heavy atom. The van der Waals surface area contributed by atoms with Crippen LogP contribution in [0.1, 0.15) is 42.1 Å². The number of nitrogens with one attached hydrogen (secondary N) is 1. The van der Waals surface area contributed by atoms with Gasteiger partial charge in [0.25, 0.3) is 5.91 Å². The Bertz CT molecular complexity index is 396. The van der Waals surface area contributed by atoms with Crippen molar-refractivity contribution < 1.29 is 4.79 Å². The number of carbonyl (C=O) groups is 1. The molecule has 1 N–H and O–H groups in total. The lowest BCUT2D eigenvalue weighted by molar-refractivity contribution is 0.0947. The Balaban J connectivity index is 2.68. The molecule has 1 rings (SSSR count). The maximum atomic E-state index is 11.8. The standard InChI is InChI=1S/C10H14N4OS/c1-3-5-7(6-11)12-10(15)9-8(4-2)13-14-16-9/h7H,3-5H2,1-2H3,(H,12,15). The number of nitrogens with zero attached hydrogens (tertiary/aromatic N) is 3. The smallest absolute Gasteiger partial charge is 0.265 e. The van der Waals surface area contributed by atoms with Gasteiger partial charge in [-0.1, -0.05) is 24.8 Å². The normalized spacial score (nSPS) is 11.8. The molecule has 0 spiro atoms. The summed E-state index contributed by atoms with van der Waals surface area (Å²) in [6, 6.07) is 1.64. The Morgan fingerprint density at radius 2 is 2.38 bits per heavy atom. The van der Waals surface area contributed by atoms with Crippen LogP contribution in [0.3, 0.4) is 0 Å². The molecule has 0 aromatic carbocycles. The van der Waals surface area contributed by atoms with Gasteiger partial charge in [-0.15, -0.1) is 5.10 Å². The van der Waals surface area contributed by atoms with Crippen molar-refractivity contribution in [2.24, 2.45) is 0 Å². The minimum Gasteiger partial charge on any atom is -0.335 e. The molecule has 0 saturated carbocycles. The molecule has 1 unspecified atom stereocenters. The highest BCUT2D eigenvalue weighted by atomic mass is 32.1. The molecule has 0 aliphatic heterocycles. The number of aromatic nitrogens is 2. The van der Waals surface area contributed by atoms with Crippen molar-refractivity contribution in [1.82, 2.24) is 14.9 Å². The highest BCUT2D eigenvalue weighted by Gasteiger charge is 2.17. The van der Waals surface area contributed by atoms with Crippen molar-refractivity contribution in [3.8, 4) is 6.07 Å². The lowest BCUT2D eigenvalue weighted by Crippen LogP contribution is -2.33. The average molecular weight is 238 g/mol. The fourth-order valence-electron chi connectivity index (χ4n) is 1.29. The van der Waals surface area contributed by atoms with E-state index >= 15 is 0 Å². The van der Waals surface area contributed by atoms with Crippen molar-refractivity contribution in [3.05, 3.63) is 10.6 Å². The van der Waals surface area contributed by atoms with Crippen LogP contribution in [0.2, 0.25) is 0 Å². The number of aryl methyl sites for hydroxylation is 1. The maximum Gasteiger partial charge on any atom is 0.265 e. The Labute approximate surface area is 98.6 Å². The van der Waals surface area contributed by atoms with Crippen LogP contribution in [-0.2, 0) is 6.42 Å². The van der Waals surface area contributed by atoms with Gasteiger partial charge in [-0.05, 0) is 24.4 Å². The molecule has 0 bridgehead atoms. The first-order valence-electron chi connectivity index (χ1n) is 5.24. The maximum absolute atomic E-state index is 11.8. The minimum absolute atomic E-state index is 0.244. The molecule has 5 nitrogen and oxygen atoms in total. The zero-order valence-corrected chi connectivity index (χ0v) is 10.2. The highest BCUT2D eigenvalue weighted by molar-refractivity contribution is 7.08. The Morgan fingerprint density at radius 3 is 2.94 bits per heavy atom. The molecule has 0 aliphatic rings. The molecular formula is C10H14N4OS. The number of hydrogen-bond donors (Lipinski definition) is 1. The van der Waals surface area contributed by atoms with Crippen LogP contribution in [0.5, 0.6) is 0 Å². The number of nitriles is 1. The average Bonchev–Trinajstić information content (AvgIpc) is 2.76. The summed E-state index contributed by atoms with van der Waals surface area (Å²) >= 11 is 1.07. The third-order valence-corrected chi connectivity index (χ3v) is 2.90. The molecule has 1 heterocycles. The van der Waals surface area contributed by atoms with E-state index in [4.69, 9.17) is 5.26 Å². The van der Waals surface area contributed by atoms with Gasteiger partial charge in [0, 0.05) is 0 Å². The van der Waals surface area contributed by atoms with E-state index in [1.54, 1.807) is 0 Å². The van der Waals surface area contributed by atoms with E-state index in [0.717, 1.165) is 18.0 Å². The molecule has 0 saturated heterocycles. The quantitative estimate of drug-likeness (QED) is 0.843. The predicted molar refractivity (Wildman–Crippen MR) is 61.1 cm³/mol. The summed E-state index contributed by atoms with van der Waals surface area (Å²) in [5.74, 6) is -0.244. The van der Waals surface area contributed by atoms with Gasteiger partial charge in [0.05, 0.1) is 11.8 Å². The summed E-state index contributed by atoms with van der Waals surface area (Å²) in [5.41, 5.74) is 0.690. The van der Waals surface area contributed by atoms with Gasteiger partial charge in [-0.25, -0.2) is 0 Å². The molecule has 0 aliphatic carbocycles. The largest absolute Gasteiger partial charge is 0.335 e. The van der Waals surface area contributed by atoms with E-state index in [0.29, 0.717) is 23.4 Å². The number of rotatable bonds is 5. The first-order valence-corrected chi connectivity index (χ1v) is 6.01. The summed E-state index contributed by atoms with van der Waals surface area (Å²) in [4.78, 5) is 12.3. The molecule has 0 fully saturated rings.